The molecule has 0 amide bonds. The van der Waals surface area contributed by atoms with Crippen LogP contribution in [-0.4, -0.2) is 0 Å². The van der Waals surface area contributed by atoms with E-state index in [1.165, 1.54) is 25.7 Å². The summed E-state index contributed by atoms with van der Waals surface area (Å²) in [6, 6.07) is 0. The molecular formula is C25H30Cl4Zr2. The van der Waals surface area contributed by atoms with Crippen molar-refractivity contribution in [2.24, 2.45) is 0 Å². The van der Waals surface area contributed by atoms with E-state index in [0.29, 0.717) is 0 Å². The van der Waals surface area contributed by atoms with E-state index >= 15 is 0 Å². The van der Waals surface area contributed by atoms with Crippen molar-refractivity contribution in [3.8, 4) is 0 Å². The van der Waals surface area contributed by atoms with Gasteiger partial charge in [0.15, 0.2) is 0 Å². The van der Waals surface area contributed by atoms with Crippen molar-refractivity contribution in [2.45, 2.75) is 60.3 Å². The van der Waals surface area contributed by atoms with Crippen LogP contribution in [-0.2, 0) is 46.5 Å². The minimum atomic E-state index is -0.436. The number of allylic oxidation sites excluding steroid dienone is 16. The van der Waals surface area contributed by atoms with Crippen molar-refractivity contribution in [1.82, 2.24) is 0 Å². The Bertz CT molecular complexity index is 881. The van der Waals surface area contributed by atoms with Crippen LogP contribution in [0.25, 0.3) is 0 Å². The van der Waals surface area contributed by atoms with Gasteiger partial charge >= 0.3 is 190 Å². The number of hydrogen-bond acceptors (Lipinski definition) is 0. The third-order valence-corrected chi connectivity index (χ3v) is 14.3. The Kier molecular flexibility index (Phi) is 18.1. The quantitative estimate of drug-likeness (QED) is 0.287. The van der Waals surface area contributed by atoms with E-state index in [1.807, 2.05) is 0 Å². The van der Waals surface area contributed by atoms with E-state index in [-0.39, 0.29) is 49.6 Å². The van der Waals surface area contributed by atoms with Gasteiger partial charge in [-0.2, -0.15) is 0 Å². The van der Waals surface area contributed by atoms with Gasteiger partial charge in [-0.3, -0.25) is 0 Å². The largest absolute Gasteiger partial charge is 1.00 e. The summed E-state index contributed by atoms with van der Waals surface area (Å²) in [5.41, 5.74) is 7.94. The molecule has 0 spiro atoms. The third kappa shape index (κ3) is 9.55. The Labute approximate surface area is 237 Å². The van der Waals surface area contributed by atoms with Crippen LogP contribution < -0.4 is 49.6 Å². The maximum Gasteiger partial charge on any atom is -1.00 e. The second-order valence-corrected chi connectivity index (χ2v) is 14.7. The molecule has 0 atom stereocenters. The SMILES string of the molecule is CC1=CCC(C)=[C]1[Zr+2][C]1=CC=CC1.CC1=[C]([Zr+2][C]2=CCC(C)=C2C)CC=C1.[Cl-].[Cl-].[Cl-].[Cl-]. The summed E-state index contributed by atoms with van der Waals surface area (Å²) in [4.78, 5) is 0. The Morgan fingerprint density at radius 3 is 1.84 bits per heavy atom. The van der Waals surface area contributed by atoms with Crippen LogP contribution in [0.2, 0.25) is 0 Å². The van der Waals surface area contributed by atoms with Gasteiger partial charge in [0.2, 0.25) is 0 Å². The van der Waals surface area contributed by atoms with Gasteiger partial charge in [0.05, 0.1) is 0 Å². The number of hydrogen-bond donors (Lipinski definition) is 0. The smallest absolute Gasteiger partial charge is 1.00 e. The maximum atomic E-state index is 2.47. The summed E-state index contributed by atoms with van der Waals surface area (Å²) in [6.07, 6.45) is 21.2. The normalized spacial score (nSPS) is 17.9. The second-order valence-electron chi connectivity index (χ2n) is 7.82. The Hall–Kier alpha value is 0.846. The molecular weight excluding hydrogens is 625 g/mol. The Morgan fingerprint density at radius 2 is 1.39 bits per heavy atom. The number of rotatable bonds is 4. The van der Waals surface area contributed by atoms with Crippen molar-refractivity contribution in [1.29, 1.82) is 0 Å². The molecule has 0 unspecified atom stereocenters. The fraction of sp³-hybridized carbons (Fsp3) is 0.360. The molecule has 0 bridgehead atoms. The molecule has 4 aliphatic carbocycles. The minimum absolute atomic E-state index is 0. The monoisotopic (exact) mass is 650 g/mol. The first kappa shape index (κ1) is 34.0. The molecule has 4 rings (SSSR count). The third-order valence-electron chi connectivity index (χ3n) is 5.70. The van der Waals surface area contributed by atoms with Gasteiger partial charge in [0.1, 0.15) is 0 Å². The molecule has 0 N–H and O–H groups in total. The van der Waals surface area contributed by atoms with Crippen molar-refractivity contribution in [3.63, 3.8) is 0 Å². The average molecular weight is 655 g/mol. The van der Waals surface area contributed by atoms with Crippen LogP contribution in [0.3, 0.4) is 0 Å². The van der Waals surface area contributed by atoms with Crippen LogP contribution in [0, 0.1) is 0 Å². The Balaban J connectivity index is 0. The van der Waals surface area contributed by atoms with E-state index in [0.717, 1.165) is 0 Å². The molecule has 0 saturated carbocycles. The summed E-state index contributed by atoms with van der Waals surface area (Å²) in [7, 11) is 0. The maximum absolute atomic E-state index is 2.47. The first-order chi connectivity index (χ1) is 13.0. The minimum Gasteiger partial charge on any atom is -1.00 e. The summed E-state index contributed by atoms with van der Waals surface area (Å²) >= 11 is -0.845. The molecule has 0 heterocycles. The Morgan fingerprint density at radius 1 is 0.710 bits per heavy atom. The zero-order valence-electron chi connectivity index (χ0n) is 18.9. The van der Waals surface area contributed by atoms with Crippen LogP contribution in [0.4, 0.5) is 0 Å². The molecule has 0 saturated heterocycles. The van der Waals surface area contributed by atoms with E-state index < -0.39 is 46.5 Å². The molecule has 0 radical (unpaired) electrons. The molecule has 0 fully saturated rings. The number of halogens is 4. The summed E-state index contributed by atoms with van der Waals surface area (Å²) in [5.74, 6) is 0. The zero-order chi connectivity index (χ0) is 19.4. The summed E-state index contributed by atoms with van der Waals surface area (Å²) in [6.45, 7) is 11.4. The van der Waals surface area contributed by atoms with Crippen LogP contribution in [0.15, 0.2) is 83.5 Å². The summed E-state index contributed by atoms with van der Waals surface area (Å²) < 4.78 is 6.98. The van der Waals surface area contributed by atoms with Crippen LogP contribution in [0.1, 0.15) is 60.3 Å². The van der Waals surface area contributed by atoms with Crippen LogP contribution >= 0.6 is 0 Å². The average Bonchev–Trinajstić information content (AvgIpc) is 3.42. The topological polar surface area (TPSA) is 0 Å². The summed E-state index contributed by atoms with van der Waals surface area (Å²) in [5, 5.41) is 0. The molecule has 6 heteroatoms. The fourth-order valence-corrected chi connectivity index (χ4v) is 10.4. The van der Waals surface area contributed by atoms with Gasteiger partial charge in [-0.05, 0) is 0 Å². The molecule has 4 aliphatic rings. The van der Waals surface area contributed by atoms with Crippen molar-refractivity contribution in [3.05, 3.63) is 83.5 Å². The van der Waals surface area contributed by atoms with Crippen LogP contribution in [0.5, 0.6) is 0 Å². The first-order valence-electron chi connectivity index (χ1n) is 9.95. The van der Waals surface area contributed by atoms with E-state index in [9.17, 15) is 0 Å². The van der Waals surface area contributed by atoms with E-state index in [2.05, 4.69) is 77.2 Å². The van der Waals surface area contributed by atoms with Crippen molar-refractivity contribution < 1.29 is 96.1 Å². The molecule has 166 valence electrons. The molecule has 0 aromatic heterocycles. The van der Waals surface area contributed by atoms with Gasteiger partial charge in [-0.25, -0.2) is 0 Å². The first-order valence-corrected chi connectivity index (χ1v) is 14.9. The molecule has 0 aromatic rings. The van der Waals surface area contributed by atoms with Gasteiger partial charge in [-0.15, -0.1) is 0 Å². The van der Waals surface area contributed by atoms with Gasteiger partial charge in [0, 0.05) is 0 Å². The predicted octanol–water partition coefficient (Wildman–Crippen LogP) is -4.52. The molecule has 0 aromatic carbocycles. The zero-order valence-corrected chi connectivity index (χ0v) is 26.8. The predicted molar refractivity (Wildman–Crippen MR) is 110 cm³/mol. The van der Waals surface area contributed by atoms with E-state index in [4.69, 9.17) is 0 Å². The second kappa shape index (κ2) is 16.5. The molecule has 31 heavy (non-hydrogen) atoms. The molecule has 0 nitrogen and oxygen atoms in total. The van der Waals surface area contributed by atoms with Crippen molar-refractivity contribution in [2.75, 3.05) is 0 Å². The van der Waals surface area contributed by atoms with Gasteiger partial charge in [0.25, 0.3) is 0 Å². The van der Waals surface area contributed by atoms with Gasteiger partial charge in [-0.1, -0.05) is 0 Å². The van der Waals surface area contributed by atoms with E-state index in [1.54, 1.807) is 41.0 Å². The molecule has 0 aliphatic heterocycles. The fourth-order valence-electron chi connectivity index (χ4n) is 3.62. The van der Waals surface area contributed by atoms with Gasteiger partial charge < -0.3 is 49.6 Å². The standard InChI is InChI=1S/2C7H9.C6H7.C5H5.4ClH.2Zr/c1-6-3-4-7(2)5-6;1-6-4-3-5-7(6)2;1-6-4-2-3-5-6;1-2-4-5-3-1;;;;;;/h2*3H,4H2,1-2H3;2,4H,3H2,1H3;1-3H,4H2;4*1H;;/q;;;;;;;;2*+2/p-4. The van der Waals surface area contributed by atoms with Crippen molar-refractivity contribution >= 4 is 0 Å².